The molecular weight excluding hydrogens is 344 g/mol. The number of halogens is 2. The van der Waals surface area contributed by atoms with Crippen molar-refractivity contribution in [1.29, 1.82) is 0 Å². The molecule has 3 nitrogen and oxygen atoms in total. The Labute approximate surface area is 132 Å². The summed E-state index contributed by atoms with van der Waals surface area (Å²) in [6.45, 7) is 5.04. The van der Waals surface area contributed by atoms with Gasteiger partial charge in [0.2, 0.25) is 0 Å². The zero-order chi connectivity index (χ0) is 14.5. The van der Waals surface area contributed by atoms with Crippen molar-refractivity contribution >= 4 is 27.5 Å². The van der Waals surface area contributed by atoms with Crippen LogP contribution in [-0.2, 0) is 0 Å². The Balaban J connectivity index is 2.29. The first-order valence-electron chi connectivity index (χ1n) is 6.44. The predicted octanol–water partition coefficient (Wildman–Crippen LogP) is 5.17. The average molecular weight is 360 g/mol. The van der Waals surface area contributed by atoms with E-state index in [1.807, 2.05) is 44.2 Å². The van der Waals surface area contributed by atoms with Crippen molar-refractivity contribution in [2.24, 2.45) is 0 Å². The third-order valence-electron chi connectivity index (χ3n) is 2.70. The lowest BCUT2D eigenvalue weighted by atomic mass is 10.1. The molecule has 20 heavy (non-hydrogen) atoms. The van der Waals surface area contributed by atoms with Crippen LogP contribution in [0.5, 0.6) is 11.5 Å². The van der Waals surface area contributed by atoms with Crippen LogP contribution < -0.4 is 9.47 Å². The van der Waals surface area contributed by atoms with E-state index in [0.717, 1.165) is 11.3 Å². The van der Waals surface area contributed by atoms with Crippen LogP contribution in [0.4, 0.5) is 0 Å². The zero-order valence-electron chi connectivity index (χ0n) is 11.4. The second-order valence-electron chi connectivity index (χ2n) is 4.08. The molecule has 1 aromatic heterocycles. The van der Waals surface area contributed by atoms with E-state index in [0.29, 0.717) is 29.4 Å². The molecule has 108 valence electrons. The number of hydrogen-bond acceptors (Lipinski definition) is 3. The van der Waals surface area contributed by atoms with Gasteiger partial charge < -0.3 is 13.9 Å². The smallest absolute Gasteiger partial charge is 0.169 e. The fourth-order valence-corrected chi connectivity index (χ4v) is 2.43. The molecule has 1 atom stereocenters. The summed E-state index contributed by atoms with van der Waals surface area (Å²) in [7, 11) is 0. The minimum Gasteiger partial charge on any atom is -0.490 e. The van der Waals surface area contributed by atoms with Crippen LogP contribution in [0.1, 0.15) is 30.5 Å². The van der Waals surface area contributed by atoms with Crippen LogP contribution in [-0.4, -0.2) is 13.2 Å². The quantitative estimate of drug-likeness (QED) is 0.667. The van der Waals surface area contributed by atoms with Crippen molar-refractivity contribution in [2.45, 2.75) is 19.2 Å². The summed E-state index contributed by atoms with van der Waals surface area (Å²) >= 11 is 9.71. The van der Waals surface area contributed by atoms with E-state index in [-0.39, 0.29) is 5.38 Å². The Morgan fingerprint density at radius 3 is 2.40 bits per heavy atom. The van der Waals surface area contributed by atoms with Gasteiger partial charge in [-0.25, -0.2) is 0 Å². The number of rotatable bonds is 6. The molecule has 0 bridgehead atoms. The van der Waals surface area contributed by atoms with Crippen molar-refractivity contribution in [1.82, 2.24) is 0 Å². The molecule has 0 radical (unpaired) electrons. The summed E-state index contributed by atoms with van der Waals surface area (Å²) < 4.78 is 17.3. The maximum Gasteiger partial charge on any atom is 0.169 e. The summed E-state index contributed by atoms with van der Waals surface area (Å²) in [4.78, 5) is 0. The van der Waals surface area contributed by atoms with Crippen LogP contribution in [0.25, 0.3) is 0 Å². The Kier molecular flexibility index (Phi) is 5.38. The molecule has 0 fully saturated rings. The van der Waals surface area contributed by atoms with E-state index < -0.39 is 0 Å². The van der Waals surface area contributed by atoms with Gasteiger partial charge in [-0.15, -0.1) is 11.6 Å². The molecule has 0 saturated carbocycles. The second-order valence-corrected chi connectivity index (χ2v) is 5.29. The molecule has 2 aromatic rings. The summed E-state index contributed by atoms with van der Waals surface area (Å²) in [6.07, 6.45) is 0. The van der Waals surface area contributed by atoms with Gasteiger partial charge in [0.15, 0.2) is 16.2 Å². The van der Waals surface area contributed by atoms with Gasteiger partial charge in [0.1, 0.15) is 11.1 Å². The lowest BCUT2D eigenvalue weighted by Gasteiger charge is -2.14. The summed E-state index contributed by atoms with van der Waals surface area (Å²) in [5, 5.41) is -0.365. The minimum absolute atomic E-state index is 0.365. The van der Waals surface area contributed by atoms with Crippen molar-refractivity contribution in [3.63, 3.8) is 0 Å². The highest BCUT2D eigenvalue weighted by Crippen LogP contribution is 2.36. The molecule has 2 rings (SSSR count). The van der Waals surface area contributed by atoms with E-state index in [1.54, 1.807) is 0 Å². The maximum atomic E-state index is 6.44. The SMILES string of the molecule is CCOc1ccc(C(Cl)c2ccc(Br)o2)cc1OCC. The average Bonchev–Trinajstić information content (AvgIpc) is 2.87. The molecule has 0 N–H and O–H groups in total. The molecular formula is C15H16BrClO3. The first-order valence-corrected chi connectivity index (χ1v) is 7.67. The molecule has 0 aliphatic heterocycles. The Morgan fingerprint density at radius 2 is 1.80 bits per heavy atom. The monoisotopic (exact) mass is 358 g/mol. The third-order valence-corrected chi connectivity index (χ3v) is 3.60. The van der Waals surface area contributed by atoms with Gasteiger partial charge in [0, 0.05) is 0 Å². The van der Waals surface area contributed by atoms with Crippen molar-refractivity contribution in [3.05, 3.63) is 46.3 Å². The fourth-order valence-electron chi connectivity index (χ4n) is 1.85. The maximum absolute atomic E-state index is 6.44. The number of hydrogen-bond donors (Lipinski definition) is 0. The normalized spacial score (nSPS) is 12.2. The zero-order valence-corrected chi connectivity index (χ0v) is 13.7. The highest BCUT2D eigenvalue weighted by atomic mass is 79.9. The summed E-state index contributed by atoms with van der Waals surface area (Å²) in [5.74, 6) is 2.11. The fraction of sp³-hybridized carbons (Fsp3) is 0.333. The van der Waals surface area contributed by atoms with Crippen molar-refractivity contribution in [3.8, 4) is 11.5 Å². The summed E-state index contributed by atoms with van der Waals surface area (Å²) in [5.41, 5.74) is 0.903. The van der Waals surface area contributed by atoms with E-state index in [2.05, 4.69) is 15.9 Å². The van der Waals surface area contributed by atoms with Gasteiger partial charge in [-0.2, -0.15) is 0 Å². The number of furan rings is 1. The molecule has 0 amide bonds. The number of alkyl halides is 1. The molecule has 1 heterocycles. The lowest BCUT2D eigenvalue weighted by Crippen LogP contribution is -2.00. The second kappa shape index (κ2) is 7.04. The van der Waals surface area contributed by atoms with Gasteiger partial charge in [-0.05, 0) is 59.6 Å². The largest absolute Gasteiger partial charge is 0.490 e. The van der Waals surface area contributed by atoms with E-state index in [4.69, 9.17) is 25.5 Å². The first kappa shape index (κ1) is 15.3. The van der Waals surface area contributed by atoms with E-state index in [9.17, 15) is 0 Å². The van der Waals surface area contributed by atoms with Crippen molar-refractivity contribution in [2.75, 3.05) is 13.2 Å². The van der Waals surface area contributed by atoms with Gasteiger partial charge in [0.25, 0.3) is 0 Å². The van der Waals surface area contributed by atoms with E-state index >= 15 is 0 Å². The molecule has 0 spiro atoms. The summed E-state index contributed by atoms with van der Waals surface area (Å²) in [6, 6.07) is 9.35. The van der Waals surface area contributed by atoms with Gasteiger partial charge in [0.05, 0.1) is 13.2 Å². The van der Waals surface area contributed by atoms with Crippen LogP contribution in [0.3, 0.4) is 0 Å². The highest BCUT2D eigenvalue weighted by Gasteiger charge is 2.17. The van der Waals surface area contributed by atoms with Gasteiger partial charge in [-0.3, -0.25) is 0 Å². The van der Waals surface area contributed by atoms with Crippen molar-refractivity contribution < 1.29 is 13.9 Å². The predicted molar refractivity (Wildman–Crippen MR) is 82.9 cm³/mol. The highest BCUT2D eigenvalue weighted by molar-refractivity contribution is 9.10. The van der Waals surface area contributed by atoms with Gasteiger partial charge in [-0.1, -0.05) is 6.07 Å². The molecule has 1 aromatic carbocycles. The van der Waals surface area contributed by atoms with Gasteiger partial charge >= 0.3 is 0 Å². The Bertz CT molecular complexity index is 568. The lowest BCUT2D eigenvalue weighted by molar-refractivity contribution is 0.287. The third kappa shape index (κ3) is 3.49. The molecule has 0 aliphatic rings. The molecule has 0 saturated heterocycles. The molecule has 5 heteroatoms. The van der Waals surface area contributed by atoms with Crippen LogP contribution in [0.2, 0.25) is 0 Å². The first-order chi connectivity index (χ1) is 9.65. The Hall–Kier alpha value is -1.13. The molecule has 1 unspecified atom stereocenters. The molecule has 0 aliphatic carbocycles. The standard InChI is InChI=1S/C15H16BrClO3/c1-3-18-11-6-5-10(9-13(11)19-4-2)15(17)12-7-8-14(16)20-12/h5-9,15H,3-4H2,1-2H3. The number of ether oxygens (including phenoxy) is 2. The van der Waals surface area contributed by atoms with Crippen LogP contribution in [0, 0.1) is 0 Å². The minimum atomic E-state index is -0.365. The number of benzene rings is 1. The topological polar surface area (TPSA) is 31.6 Å². The van der Waals surface area contributed by atoms with E-state index in [1.165, 1.54) is 0 Å². The Morgan fingerprint density at radius 1 is 1.10 bits per heavy atom. The van der Waals surface area contributed by atoms with Crippen LogP contribution >= 0.6 is 27.5 Å². The van der Waals surface area contributed by atoms with Crippen LogP contribution in [0.15, 0.2) is 39.4 Å².